The van der Waals surface area contributed by atoms with Crippen molar-refractivity contribution < 1.29 is 33.2 Å². The fraction of sp³-hybridized carbons (Fsp3) is 0.929. The summed E-state index contributed by atoms with van der Waals surface area (Å²) in [7, 11) is 1.63. The molecular formula is C14H28O7. The average molecular weight is 308 g/mol. The Labute approximate surface area is 126 Å². The number of ether oxygens (including phenoxy) is 6. The highest BCUT2D eigenvalue weighted by molar-refractivity contribution is 5.59. The van der Waals surface area contributed by atoms with Crippen molar-refractivity contribution in [3.63, 3.8) is 0 Å². The van der Waals surface area contributed by atoms with Crippen LogP contribution in [0.4, 0.5) is 4.79 Å². The van der Waals surface area contributed by atoms with E-state index in [1.165, 1.54) is 0 Å². The number of rotatable bonds is 15. The van der Waals surface area contributed by atoms with Crippen molar-refractivity contribution in [1.82, 2.24) is 0 Å². The molecule has 7 nitrogen and oxygen atoms in total. The summed E-state index contributed by atoms with van der Waals surface area (Å²) in [6, 6.07) is 0. The maximum absolute atomic E-state index is 11.1. The Kier molecular flexibility index (Phi) is 16.4. The fourth-order valence-corrected chi connectivity index (χ4v) is 1.21. The Balaban J connectivity index is 3.06. The van der Waals surface area contributed by atoms with Gasteiger partial charge in [-0.15, -0.1) is 0 Å². The predicted molar refractivity (Wildman–Crippen MR) is 76.5 cm³/mol. The lowest BCUT2D eigenvalue weighted by Gasteiger charge is -2.07. The highest BCUT2D eigenvalue weighted by atomic mass is 16.7. The Hall–Kier alpha value is -0.890. The van der Waals surface area contributed by atoms with E-state index in [2.05, 4.69) is 0 Å². The number of hydrogen-bond acceptors (Lipinski definition) is 7. The molecule has 0 saturated heterocycles. The van der Waals surface area contributed by atoms with E-state index in [-0.39, 0.29) is 6.61 Å². The van der Waals surface area contributed by atoms with Crippen molar-refractivity contribution in [2.75, 3.05) is 66.6 Å². The molecule has 0 N–H and O–H groups in total. The predicted octanol–water partition coefficient (Wildman–Crippen LogP) is 1.64. The van der Waals surface area contributed by atoms with Crippen molar-refractivity contribution in [3.8, 4) is 0 Å². The van der Waals surface area contributed by atoms with Crippen LogP contribution in [-0.4, -0.2) is 72.7 Å². The number of carbonyl (C=O) groups is 1. The van der Waals surface area contributed by atoms with Crippen LogP contribution in [0, 0.1) is 0 Å². The Morgan fingerprint density at radius 3 is 1.71 bits per heavy atom. The summed E-state index contributed by atoms with van der Waals surface area (Å²) >= 11 is 0. The van der Waals surface area contributed by atoms with E-state index in [4.69, 9.17) is 28.4 Å². The molecule has 0 heterocycles. The Bertz CT molecular complexity index is 223. The fourth-order valence-electron chi connectivity index (χ4n) is 1.21. The molecule has 0 aromatic carbocycles. The first-order chi connectivity index (χ1) is 10.3. The highest BCUT2D eigenvalue weighted by Crippen LogP contribution is 1.91. The van der Waals surface area contributed by atoms with Crippen LogP contribution < -0.4 is 0 Å². The summed E-state index contributed by atoms with van der Waals surface area (Å²) in [6.45, 7) is 6.09. The van der Waals surface area contributed by atoms with Gasteiger partial charge in [-0.2, -0.15) is 0 Å². The van der Waals surface area contributed by atoms with E-state index in [1.807, 2.05) is 6.92 Å². The third kappa shape index (κ3) is 17.1. The van der Waals surface area contributed by atoms with Crippen LogP contribution in [0.5, 0.6) is 0 Å². The number of hydrogen-bond donors (Lipinski definition) is 0. The minimum Gasteiger partial charge on any atom is -0.434 e. The van der Waals surface area contributed by atoms with Gasteiger partial charge in [-0.25, -0.2) is 4.79 Å². The molecule has 0 aliphatic rings. The molecule has 7 heteroatoms. The Morgan fingerprint density at radius 1 is 0.714 bits per heavy atom. The number of carbonyl (C=O) groups excluding carboxylic acids is 1. The van der Waals surface area contributed by atoms with Gasteiger partial charge < -0.3 is 28.4 Å². The molecule has 0 saturated carbocycles. The van der Waals surface area contributed by atoms with Gasteiger partial charge in [-0.3, -0.25) is 0 Å². The third-order valence-corrected chi connectivity index (χ3v) is 2.34. The normalized spacial score (nSPS) is 10.6. The van der Waals surface area contributed by atoms with Crippen LogP contribution in [0.3, 0.4) is 0 Å². The maximum atomic E-state index is 11.1. The van der Waals surface area contributed by atoms with Gasteiger partial charge in [0.25, 0.3) is 0 Å². The third-order valence-electron chi connectivity index (χ3n) is 2.34. The van der Waals surface area contributed by atoms with E-state index in [9.17, 15) is 4.79 Å². The lowest BCUT2D eigenvalue weighted by Crippen LogP contribution is -2.15. The standard InChI is InChI=1S/C14H28O7/c1-3-4-5-20-14(15)21-13-12-19-11-10-18-9-8-17-7-6-16-2/h3-13H2,1-2H3. The van der Waals surface area contributed by atoms with E-state index >= 15 is 0 Å². The average Bonchev–Trinajstić information content (AvgIpc) is 2.48. The topological polar surface area (TPSA) is 72.5 Å². The summed E-state index contributed by atoms with van der Waals surface area (Å²) in [6.07, 6.45) is 1.18. The van der Waals surface area contributed by atoms with E-state index < -0.39 is 6.16 Å². The molecule has 0 rings (SSSR count). The zero-order valence-electron chi connectivity index (χ0n) is 13.1. The van der Waals surface area contributed by atoms with E-state index in [0.29, 0.717) is 52.9 Å². The summed E-state index contributed by atoms with van der Waals surface area (Å²) in [5.74, 6) is 0. The highest BCUT2D eigenvalue weighted by Gasteiger charge is 2.02. The molecule has 0 spiro atoms. The van der Waals surface area contributed by atoms with Crippen LogP contribution in [0.25, 0.3) is 0 Å². The molecule has 0 fully saturated rings. The van der Waals surface area contributed by atoms with Gasteiger partial charge in [0.15, 0.2) is 0 Å². The second-order valence-corrected chi connectivity index (χ2v) is 4.13. The first-order valence-corrected chi connectivity index (χ1v) is 7.33. The van der Waals surface area contributed by atoms with Crippen LogP contribution in [-0.2, 0) is 28.4 Å². The maximum Gasteiger partial charge on any atom is 0.508 e. The molecule has 21 heavy (non-hydrogen) atoms. The van der Waals surface area contributed by atoms with Gasteiger partial charge in [-0.05, 0) is 6.42 Å². The van der Waals surface area contributed by atoms with Crippen molar-refractivity contribution in [1.29, 1.82) is 0 Å². The van der Waals surface area contributed by atoms with Gasteiger partial charge >= 0.3 is 6.16 Å². The Morgan fingerprint density at radius 2 is 1.19 bits per heavy atom. The van der Waals surface area contributed by atoms with Gasteiger partial charge in [0.1, 0.15) is 6.61 Å². The van der Waals surface area contributed by atoms with Gasteiger partial charge in [0, 0.05) is 7.11 Å². The van der Waals surface area contributed by atoms with Crippen LogP contribution in [0.15, 0.2) is 0 Å². The van der Waals surface area contributed by atoms with E-state index in [1.54, 1.807) is 7.11 Å². The van der Waals surface area contributed by atoms with Gasteiger partial charge in [0.2, 0.25) is 0 Å². The summed E-state index contributed by atoms with van der Waals surface area (Å²) < 4.78 is 30.2. The van der Waals surface area contributed by atoms with Gasteiger partial charge in [-0.1, -0.05) is 13.3 Å². The minimum atomic E-state index is -0.642. The van der Waals surface area contributed by atoms with Crippen LogP contribution >= 0.6 is 0 Å². The number of methoxy groups -OCH3 is 1. The molecule has 0 radical (unpaired) electrons. The van der Waals surface area contributed by atoms with Crippen molar-refractivity contribution in [3.05, 3.63) is 0 Å². The van der Waals surface area contributed by atoms with Crippen molar-refractivity contribution in [2.45, 2.75) is 19.8 Å². The molecular weight excluding hydrogens is 280 g/mol. The number of unbranched alkanes of at least 4 members (excludes halogenated alkanes) is 1. The first-order valence-electron chi connectivity index (χ1n) is 7.33. The second kappa shape index (κ2) is 17.2. The molecule has 0 bridgehead atoms. The molecule has 0 atom stereocenters. The first kappa shape index (κ1) is 20.1. The van der Waals surface area contributed by atoms with Gasteiger partial charge in [0.05, 0.1) is 52.9 Å². The quantitative estimate of drug-likeness (QED) is 0.336. The van der Waals surface area contributed by atoms with Crippen molar-refractivity contribution >= 4 is 6.16 Å². The zero-order chi connectivity index (χ0) is 15.6. The monoisotopic (exact) mass is 308 g/mol. The summed E-state index contributed by atoms with van der Waals surface area (Å²) in [4.78, 5) is 11.1. The van der Waals surface area contributed by atoms with Crippen LogP contribution in [0.2, 0.25) is 0 Å². The minimum absolute atomic E-state index is 0.186. The largest absolute Gasteiger partial charge is 0.508 e. The second-order valence-electron chi connectivity index (χ2n) is 4.13. The van der Waals surface area contributed by atoms with E-state index in [0.717, 1.165) is 12.8 Å². The molecule has 126 valence electrons. The molecule has 0 amide bonds. The molecule has 0 aliphatic heterocycles. The zero-order valence-corrected chi connectivity index (χ0v) is 13.1. The molecule has 0 aromatic rings. The molecule has 0 unspecified atom stereocenters. The molecule has 0 aliphatic carbocycles. The SMILES string of the molecule is CCCCOC(=O)OCCOCCOCCOCCOC. The summed E-state index contributed by atoms with van der Waals surface area (Å²) in [5.41, 5.74) is 0. The molecule has 0 aromatic heterocycles. The smallest absolute Gasteiger partial charge is 0.434 e. The summed E-state index contributed by atoms with van der Waals surface area (Å²) in [5, 5.41) is 0. The van der Waals surface area contributed by atoms with Crippen LogP contribution in [0.1, 0.15) is 19.8 Å². The van der Waals surface area contributed by atoms with Crippen molar-refractivity contribution in [2.24, 2.45) is 0 Å². The lowest BCUT2D eigenvalue weighted by atomic mass is 10.4. The lowest BCUT2D eigenvalue weighted by molar-refractivity contribution is -0.00843.